The highest BCUT2D eigenvalue weighted by molar-refractivity contribution is 5.90. The molecule has 50 heavy (non-hydrogen) atoms. The van der Waals surface area contributed by atoms with Crippen molar-refractivity contribution in [1.29, 1.82) is 0 Å². The minimum Gasteiger partial charge on any atom is -0.472 e. The Morgan fingerprint density at radius 3 is 2.02 bits per heavy atom. The largest absolute Gasteiger partial charge is 0.472 e. The SMILES string of the molecule is COC(=O)C1=CO[C@@H](O[C@@H]2O[C@H](COC(C)=O)[C@@H](OC(C)=O)[C@H](OC(C)=O)[C@H]2OC(C)=O)[C@@H]2[C@H](C)[C@@H](O)[C@@H](OC(=O)/C=C/c3ccccc3)[C@H]12. The number of benzene rings is 1. The van der Waals surface area contributed by atoms with Crippen molar-refractivity contribution in [3.63, 3.8) is 0 Å². The molecule has 272 valence electrons. The van der Waals surface area contributed by atoms with Gasteiger partial charge in [-0.1, -0.05) is 37.3 Å². The van der Waals surface area contributed by atoms with Crippen LogP contribution in [0, 0.1) is 17.8 Å². The summed E-state index contributed by atoms with van der Waals surface area (Å²) >= 11 is 0. The number of carbonyl (C=O) groups is 6. The van der Waals surface area contributed by atoms with Gasteiger partial charge < -0.3 is 47.7 Å². The molecule has 0 spiro atoms. The van der Waals surface area contributed by atoms with Gasteiger partial charge >= 0.3 is 35.8 Å². The van der Waals surface area contributed by atoms with E-state index in [1.165, 1.54) is 12.2 Å². The zero-order valence-corrected chi connectivity index (χ0v) is 28.2. The quantitative estimate of drug-likeness (QED) is 0.196. The van der Waals surface area contributed by atoms with E-state index in [9.17, 15) is 33.9 Å². The van der Waals surface area contributed by atoms with Crippen molar-refractivity contribution in [3.05, 3.63) is 53.8 Å². The molecule has 0 unspecified atom stereocenters. The molecule has 1 N–H and O–H groups in total. The van der Waals surface area contributed by atoms with E-state index in [4.69, 9.17) is 42.6 Å². The number of methoxy groups -OCH3 is 1. The van der Waals surface area contributed by atoms with Gasteiger partial charge in [0.1, 0.15) is 18.8 Å². The maximum Gasteiger partial charge on any atom is 0.337 e. The van der Waals surface area contributed by atoms with Crippen LogP contribution in [-0.4, -0.2) is 104 Å². The van der Waals surface area contributed by atoms with Crippen LogP contribution in [0.1, 0.15) is 40.2 Å². The smallest absolute Gasteiger partial charge is 0.337 e. The Labute approximate surface area is 287 Å². The normalized spacial score (nSPS) is 31.7. The summed E-state index contributed by atoms with van der Waals surface area (Å²) < 4.78 is 50.3. The average molecular weight is 705 g/mol. The first kappa shape index (κ1) is 38.0. The molecule has 3 aliphatic rings. The molecule has 2 aliphatic heterocycles. The average Bonchev–Trinajstić information content (AvgIpc) is 3.30. The van der Waals surface area contributed by atoms with Crippen LogP contribution in [-0.2, 0) is 71.4 Å². The topological polar surface area (TPSA) is 206 Å². The van der Waals surface area contributed by atoms with Crippen LogP contribution in [0.2, 0.25) is 0 Å². The fourth-order valence-corrected chi connectivity index (χ4v) is 6.30. The van der Waals surface area contributed by atoms with Crippen molar-refractivity contribution in [2.45, 2.75) is 83.8 Å². The zero-order chi connectivity index (χ0) is 36.7. The van der Waals surface area contributed by atoms with Crippen LogP contribution < -0.4 is 0 Å². The second-order valence-electron chi connectivity index (χ2n) is 11.9. The van der Waals surface area contributed by atoms with Gasteiger partial charge in [0, 0.05) is 45.6 Å². The van der Waals surface area contributed by atoms with Gasteiger partial charge in [-0.05, 0) is 17.6 Å². The number of hydrogen-bond donors (Lipinski definition) is 1. The highest BCUT2D eigenvalue weighted by atomic mass is 16.8. The number of esters is 6. The Morgan fingerprint density at radius 1 is 0.800 bits per heavy atom. The van der Waals surface area contributed by atoms with E-state index in [1.54, 1.807) is 31.2 Å². The molecule has 0 aromatic heterocycles. The minimum atomic E-state index is -1.63. The van der Waals surface area contributed by atoms with E-state index in [1.807, 2.05) is 6.07 Å². The van der Waals surface area contributed by atoms with E-state index >= 15 is 0 Å². The molecule has 11 atom stereocenters. The third kappa shape index (κ3) is 9.05. The zero-order valence-electron chi connectivity index (χ0n) is 28.2. The van der Waals surface area contributed by atoms with E-state index in [-0.39, 0.29) is 5.57 Å². The second-order valence-corrected chi connectivity index (χ2v) is 11.9. The number of hydrogen-bond acceptors (Lipinski definition) is 16. The summed E-state index contributed by atoms with van der Waals surface area (Å²) in [7, 11) is 1.15. The Kier molecular flexibility index (Phi) is 12.7. The molecule has 1 saturated carbocycles. The molecule has 1 aromatic carbocycles. The fraction of sp³-hybridized carbons (Fsp3) is 0.529. The number of rotatable bonds is 11. The molecule has 1 aromatic rings. The Balaban J connectivity index is 1.69. The van der Waals surface area contributed by atoms with Gasteiger partial charge in [-0.3, -0.25) is 19.2 Å². The minimum absolute atomic E-state index is 0.0490. The molecule has 16 nitrogen and oxygen atoms in total. The molecule has 2 heterocycles. The summed E-state index contributed by atoms with van der Waals surface area (Å²) in [4.78, 5) is 74.2. The van der Waals surface area contributed by atoms with Gasteiger partial charge in [-0.2, -0.15) is 0 Å². The highest BCUT2D eigenvalue weighted by Crippen LogP contribution is 2.49. The van der Waals surface area contributed by atoms with Crippen molar-refractivity contribution < 1.29 is 76.5 Å². The van der Waals surface area contributed by atoms with Gasteiger partial charge in [-0.15, -0.1) is 0 Å². The van der Waals surface area contributed by atoms with Crippen LogP contribution in [0.3, 0.4) is 0 Å². The van der Waals surface area contributed by atoms with Crippen molar-refractivity contribution in [1.82, 2.24) is 0 Å². The van der Waals surface area contributed by atoms with Crippen molar-refractivity contribution in [3.8, 4) is 0 Å². The Bertz CT molecular complexity index is 1490. The van der Waals surface area contributed by atoms with Gasteiger partial charge in [0.2, 0.25) is 12.6 Å². The molecule has 0 amide bonds. The van der Waals surface area contributed by atoms with Gasteiger partial charge in [-0.25, -0.2) is 9.59 Å². The molecule has 1 saturated heterocycles. The predicted molar refractivity (Wildman–Crippen MR) is 166 cm³/mol. The summed E-state index contributed by atoms with van der Waals surface area (Å²) in [6.45, 7) is 5.51. The van der Waals surface area contributed by atoms with Crippen molar-refractivity contribution in [2.75, 3.05) is 13.7 Å². The molecular formula is C34H40O16. The summed E-state index contributed by atoms with van der Waals surface area (Å²) in [5.74, 6) is -7.49. The van der Waals surface area contributed by atoms with Gasteiger partial charge in [0.05, 0.1) is 25.0 Å². The Morgan fingerprint density at radius 2 is 1.42 bits per heavy atom. The molecule has 16 heteroatoms. The first-order valence-electron chi connectivity index (χ1n) is 15.7. The van der Waals surface area contributed by atoms with E-state index < -0.39 is 109 Å². The van der Waals surface area contributed by atoms with Crippen LogP contribution in [0.4, 0.5) is 0 Å². The van der Waals surface area contributed by atoms with Crippen LogP contribution in [0.15, 0.2) is 48.2 Å². The van der Waals surface area contributed by atoms with E-state index in [0.29, 0.717) is 0 Å². The van der Waals surface area contributed by atoms with Crippen molar-refractivity contribution in [2.24, 2.45) is 17.8 Å². The molecule has 4 rings (SSSR count). The third-order valence-corrected chi connectivity index (χ3v) is 8.35. The number of aliphatic hydroxyl groups excluding tert-OH is 1. The molecule has 0 radical (unpaired) electrons. The summed E-state index contributed by atoms with van der Waals surface area (Å²) in [6.07, 6.45) is -7.64. The lowest BCUT2D eigenvalue weighted by molar-refractivity contribution is -0.345. The van der Waals surface area contributed by atoms with E-state index in [0.717, 1.165) is 46.6 Å². The lowest BCUT2D eigenvalue weighted by atomic mass is 9.82. The summed E-state index contributed by atoms with van der Waals surface area (Å²) in [5.41, 5.74) is 0.675. The standard InChI is InChI=1S/C34H40O16/c1-16-25-26(29(27(16)40)49-24(39)13-12-21-10-8-7-9-11-21)22(32(41)42-6)14-44-33(25)50-34-31(47-20(5)38)30(46-19(4)37)28(45-18(3)36)23(48-34)15-43-17(2)35/h7-14,16,23,25-31,33-34,40H,15H2,1-6H3/b13-12+/t16-,23+,25+,26+,27+,28+,29-,30-,31+,33-,34-/m0/s1. The third-order valence-electron chi connectivity index (χ3n) is 8.35. The Hall–Kier alpha value is -4.80. The van der Waals surface area contributed by atoms with Crippen LogP contribution >= 0.6 is 0 Å². The molecule has 2 fully saturated rings. The summed E-state index contributed by atoms with van der Waals surface area (Å²) in [6, 6.07) is 8.95. The molecule has 1 aliphatic carbocycles. The maximum atomic E-state index is 13.0. The second kappa shape index (κ2) is 16.7. The highest BCUT2D eigenvalue weighted by Gasteiger charge is 2.60. The lowest BCUT2D eigenvalue weighted by Gasteiger charge is -2.46. The van der Waals surface area contributed by atoms with Crippen LogP contribution in [0.5, 0.6) is 0 Å². The molecule has 0 bridgehead atoms. The van der Waals surface area contributed by atoms with E-state index in [2.05, 4.69) is 0 Å². The number of ether oxygens (including phenoxy) is 9. The first-order valence-corrected chi connectivity index (χ1v) is 15.7. The first-order chi connectivity index (χ1) is 23.7. The van der Waals surface area contributed by atoms with Crippen LogP contribution in [0.25, 0.3) is 6.08 Å². The van der Waals surface area contributed by atoms with Gasteiger partial charge in [0.15, 0.2) is 18.3 Å². The lowest BCUT2D eigenvalue weighted by Crippen LogP contribution is -2.63. The predicted octanol–water partition coefficient (Wildman–Crippen LogP) is 1.37. The number of carbonyl (C=O) groups excluding carboxylic acids is 6. The maximum absolute atomic E-state index is 13.0. The fourth-order valence-electron chi connectivity index (χ4n) is 6.30. The van der Waals surface area contributed by atoms with Crippen molar-refractivity contribution >= 4 is 41.9 Å². The van der Waals surface area contributed by atoms with Gasteiger partial charge in [0.25, 0.3) is 0 Å². The number of fused-ring (bicyclic) bond motifs is 1. The summed E-state index contributed by atoms with van der Waals surface area (Å²) in [5, 5.41) is 11.4. The number of aliphatic hydroxyl groups is 1. The monoisotopic (exact) mass is 704 g/mol. The molecular weight excluding hydrogens is 664 g/mol.